The standard InChI is InChI=1S/C25H23F2N3O4S/c1-3-4-14-5-7-15(8-6-14)33-12-16-9-10-18(34-16)24(32)30-20-19-13(2)11-17(22(26)27)29-25(19)35-21(20)23(28)31/h5-11,22H,3-4,12H2,1-2H3,(H2,28,31)(H,30,32). The van der Waals surface area contributed by atoms with Crippen molar-refractivity contribution in [2.75, 3.05) is 5.32 Å². The second kappa shape index (κ2) is 10.2. The number of anilines is 1. The molecule has 0 radical (unpaired) electrons. The second-order valence-corrected chi connectivity index (χ2v) is 8.92. The van der Waals surface area contributed by atoms with Crippen LogP contribution in [0.15, 0.2) is 46.9 Å². The molecule has 0 aliphatic rings. The first-order chi connectivity index (χ1) is 16.8. The lowest BCUT2D eigenvalue weighted by molar-refractivity contribution is 0.0992. The minimum atomic E-state index is -2.77. The van der Waals surface area contributed by atoms with Crippen molar-refractivity contribution in [3.05, 3.63) is 75.7 Å². The summed E-state index contributed by atoms with van der Waals surface area (Å²) in [5, 5.41) is 3.01. The number of aromatic nitrogens is 1. The highest BCUT2D eigenvalue weighted by Gasteiger charge is 2.24. The smallest absolute Gasteiger partial charge is 0.291 e. The number of alkyl halides is 2. The molecular weight excluding hydrogens is 476 g/mol. The number of amides is 2. The molecule has 182 valence electrons. The number of rotatable bonds is 9. The van der Waals surface area contributed by atoms with E-state index in [4.69, 9.17) is 14.9 Å². The summed E-state index contributed by atoms with van der Waals surface area (Å²) in [7, 11) is 0. The molecule has 3 aromatic heterocycles. The summed E-state index contributed by atoms with van der Waals surface area (Å²) in [6, 6.07) is 12.1. The van der Waals surface area contributed by atoms with Gasteiger partial charge in [-0.2, -0.15) is 0 Å². The average Bonchev–Trinajstić information content (AvgIpc) is 3.44. The Morgan fingerprint density at radius 3 is 2.60 bits per heavy atom. The van der Waals surface area contributed by atoms with E-state index in [-0.39, 0.29) is 27.8 Å². The second-order valence-electron chi connectivity index (χ2n) is 7.92. The summed E-state index contributed by atoms with van der Waals surface area (Å²) in [6.45, 7) is 3.83. The number of furan rings is 1. The normalized spacial score (nSPS) is 11.2. The number of pyridine rings is 1. The van der Waals surface area contributed by atoms with Gasteiger partial charge >= 0.3 is 0 Å². The van der Waals surface area contributed by atoms with Crippen LogP contribution in [-0.2, 0) is 13.0 Å². The van der Waals surface area contributed by atoms with Crippen molar-refractivity contribution < 1.29 is 27.5 Å². The molecule has 3 heterocycles. The number of nitrogens with one attached hydrogen (secondary N) is 1. The molecule has 35 heavy (non-hydrogen) atoms. The number of fused-ring (bicyclic) bond motifs is 1. The van der Waals surface area contributed by atoms with Crippen LogP contribution in [0.25, 0.3) is 10.2 Å². The van der Waals surface area contributed by atoms with Gasteiger partial charge in [-0.1, -0.05) is 25.5 Å². The first-order valence-corrected chi connectivity index (χ1v) is 11.7. The van der Waals surface area contributed by atoms with Gasteiger partial charge in [-0.25, -0.2) is 13.8 Å². The van der Waals surface area contributed by atoms with Crippen LogP contribution < -0.4 is 15.8 Å². The fourth-order valence-electron chi connectivity index (χ4n) is 3.66. The largest absolute Gasteiger partial charge is 0.486 e. The Bertz CT molecular complexity index is 1380. The van der Waals surface area contributed by atoms with Gasteiger partial charge in [0.1, 0.15) is 33.5 Å². The molecule has 3 N–H and O–H groups in total. The predicted molar refractivity (Wildman–Crippen MR) is 129 cm³/mol. The van der Waals surface area contributed by atoms with Gasteiger partial charge in [-0.3, -0.25) is 9.59 Å². The number of primary amides is 1. The van der Waals surface area contributed by atoms with Crippen LogP contribution in [0.5, 0.6) is 5.75 Å². The first kappa shape index (κ1) is 24.3. The maximum Gasteiger partial charge on any atom is 0.291 e. The Kier molecular flexibility index (Phi) is 7.11. The zero-order valence-corrected chi connectivity index (χ0v) is 19.9. The summed E-state index contributed by atoms with van der Waals surface area (Å²) in [4.78, 5) is 29.0. The number of carbonyl (C=O) groups excluding carboxylic acids is 2. The Hall–Kier alpha value is -3.79. The topological polar surface area (TPSA) is 107 Å². The van der Waals surface area contributed by atoms with E-state index >= 15 is 0 Å². The van der Waals surface area contributed by atoms with E-state index in [1.54, 1.807) is 13.0 Å². The number of benzene rings is 1. The summed E-state index contributed by atoms with van der Waals surface area (Å²) in [5.41, 5.74) is 6.83. The first-order valence-electron chi connectivity index (χ1n) is 10.9. The van der Waals surface area contributed by atoms with Gasteiger partial charge < -0.3 is 20.2 Å². The maximum atomic E-state index is 13.2. The van der Waals surface area contributed by atoms with Crippen molar-refractivity contribution in [2.45, 2.75) is 39.7 Å². The highest BCUT2D eigenvalue weighted by atomic mass is 32.1. The highest BCUT2D eigenvalue weighted by Crippen LogP contribution is 2.38. The number of carbonyl (C=O) groups is 2. The molecule has 4 rings (SSSR count). The average molecular weight is 500 g/mol. The fraction of sp³-hybridized carbons (Fsp3) is 0.240. The summed E-state index contributed by atoms with van der Waals surface area (Å²) in [6.07, 6.45) is -0.711. The van der Waals surface area contributed by atoms with Crippen molar-refractivity contribution >= 4 is 39.1 Å². The van der Waals surface area contributed by atoms with Crippen molar-refractivity contribution in [1.29, 1.82) is 0 Å². The van der Waals surface area contributed by atoms with Crippen molar-refractivity contribution in [1.82, 2.24) is 4.98 Å². The Morgan fingerprint density at radius 1 is 1.20 bits per heavy atom. The van der Waals surface area contributed by atoms with Gasteiger partial charge in [0.25, 0.3) is 18.2 Å². The SMILES string of the molecule is CCCc1ccc(OCc2ccc(C(=O)Nc3c(C(N)=O)sc4nc(C(F)F)cc(C)c34)o2)cc1. The lowest BCUT2D eigenvalue weighted by Crippen LogP contribution is -2.16. The number of ether oxygens (including phenoxy) is 1. The number of halogens is 2. The zero-order valence-electron chi connectivity index (χ0n) is 19.1. The van der Waals surface area contributed by atoms with Gasteiger partial charge in [0.05, 0.1) is 5.69 Å². The number of nitrogens with zero attached hydrogens (tertiary/aromatic N) is 1. The molecule has 0 unspecified atom stereocenters. The minimum absolute atomic E-state index is 0.00789. The molecule has 0 saturated heterocycles. The van der Waals surface area contributed by atoms with E-state index < -0.39 is 23.9 Å². The van der Waals surface area contributed by atoms with Crippen LogP contribution in [0.4, 0.5) is 14.5 Å². The maximum absolute atomic E-state index is 13.2. The lowest BCUT2D eigenvalue weighted by Gasteiger charge is -2.07. The van der Waals surface area contributed by atoms with Crippen LogP contribution >= 0.6 is 11.3 Å². The van der Waals surface area contributed by atoms with Crippen LogP contribution in [0.1, 0.15) is 62.6 Å². The van der Waals surface area contributed by atoms with Crippen molar-refractivity contribution in [3.8, 4) is 5.75 Å². The number of hydrogen-bond donors (Lipinski definition) is 2. The van der Waals surface area contributed by atoms with Crippen LogP contribution in [0, 0.1) is 6.92 Å². The molecule has 1 aromatic carbocycles. The van der Waals surface area contributed by atoms with E-state index in [1.807, 2.05) is 24.3 Å². The van der Waals surface area contributed by atoms with E-state index in [0.717, 1.165) is 24.2 Å². The summed E-state index contributed by atoms with van der Waals surface area (Å²) < 4.78 is 37.6. The van der Waals surface area contributed by atoms with Gasteiger partial charge in [0.2, 0.25) is 0 Å². The number of thiophene rings is 1. The van der Waals surface area contributed by atoms with Crippen LogP contribution in [-0.4, -0.2) is 16.8 Å². The summed E-state index contributed by atoms with van der Waals surface area (Å²) >= 11 is 0.845. The fourth-order valence-corrected chi connectivity index (χ4v) is 4.73. The third-order valence-electron chi connectivity index (χ3n) is 5.29. The molecule has 0 spiro atoms. The molecule has 0 atom stereocenters. The minimum Gasteiger partial charge on any atom is -0.486 e. The number of hydrogen-bond acceptors (Lipinski definition) is 6. The molecule has 7 nitrogen and oxygen atoms in total. The molecular formula is C25H23F2N3O4S. The molecule has 0 saturated carbocycles. The Labute approximate surface area is 203 Å². The molecule has 4 aromatic rings. The molecule has 2 amide bonds. The highest BCUT2D eigenvalue weighted by molar-refractivity contribution is 7.21. The molecule has 0 aliphatic carbocycles. The Balaban J connectivity index is 1.51. The third kappa shape index (κ3) is 5.32. The van der Waals surface area contributed by atoms with Gasteiger partial charge in [0, 0.05) is 5.39 Å². The quantitative estimate of drug-likeness (QED) is 0.293. The van der Waals surface area contributed by atoms with Gasteiger partial charge in [-0.05, 0) is 54.8 Å². The molecule has 0 fully saturated rings. The van der Waals surface area contributed by atoms with E-state index in [1.165, 1.54) is 17.7 Å². The van der Waals surface area contributed by atoms with E-state index in [0.29, 0.717) is 22.5 Å². The monoisotopic (exact) mass is 499 g/mol. The number of nitrogens with two attached hydrogens (primary N) is 1. The zero-order chi connectivity index (χ0) is 25.1. The predicted octanol–water partition coefficient (Wildman–Crippen LogP) is 6.02. The van der Waals surface area contributed by atoms with Gasteiger partial charge in [-0.15, -0.1) is 11.3 Å². The Morgan fingerprint density at radius 2 is 1.94 bits per heavy atom. The molecule has 10 heteroatoms. The number of aryl methyl sites for hydroxylation is 2. The van der Waals surface area contributed by atoms with E-state index in [9.17, 15) is 18.4 Å². The lowest BCUT2D eigenvalue weighted by atomic mass is 10.1. The molecule has 0 bridgehead atoms. The summed E-state index contributed by atoms with van der Waals surface area (Å²) in [5.74, 6) is -0.335. The van der Waals surface area contributed by atoms with Crippen molar-refractivity contribution in [2.24, 2.45) is 5.73 Å². The van der Waals surface area contributed by atoms with E-state index in [2.05, 4.69) is 17.2 Å². The van der Waals surface area contributed by atoms with Crippen LogP contribution in [0.3, 0.4) is 0 Å². The van der Waals surface area contributed by atoms with Gasteiger partial charge in [0.15, 0.2) is 5.76 Å². The van der Waals surface area contributed by atoms with Crippen molar-refractivity contribution in [3.63, 3.8) is 0 Å². The molecule has 0 aliphatic heterocycles. The third-order valence-corrected chi connectivity index (χ3v) is 6.39. The van der Waals surface area contributed by atoms with Crippen LogP contribution in [0.2, 0.25) is 0 Å².